The molecule has 19 heavy (non-hydrogen) atoms. The van der Waals surface area contributed by atoms with Crippen LogP contribution in [0.3, 0.4) is 0 Å². The largest absolute Gasteiger partial charge is 0.304 e. The Bertz CT molecular complexity index is 517. The van der Waals surface area contributed by atoms with Gasteiger partial charge in [0.1, 0.15) is 0 Å². The highest BCUT2D eigenvalue weighted by atomic mass is 16.2. The lowest BCUT2D eigenvalue weighted by molar-refractivity contribution is -0.126. The second-order valence-electron chi connectivity index (χ2n) is 6.72. The lowest BCUT2D eigenvalue weighted by atomic mass is 9.89. The van der Waals surface area contributed by atoms with E-state index in [0.29, 0.717) is 0 Å². The summed E-state index contributed by atoms with van der Waals surface area (Å²) in [4.78, 5) is 14.8. The molecule has 1 aromatic rings. The molecule has 3 heteroatoms. The maximum atomic E-state index is 12.8. The lowest BCUT2D eigenvalue weighted by Crippen LogP contribution is -2.70. The second-order valence-corrected chi connectivity index (χ2v) is 6.72. The van der Waals surface area contributed by atoms with Crippen LogP contribution in [0.4, 0.5) is 5.69 Å². The predicted molar refractivity (Wildman–Crippen MR) is 79.6 cm³/mol. The summed E-state index contributed by atoms with van der Waals surface area (Å²) in [5.41, 5.74) is 2.63. The van der Waals surface area contributed by atoms with Gasteiger partial charge in [-0.15, -0.1) is 0 Å². The van der Waals surface area contributed by atoms with E-state index in [1.54, 1.807) is 0 Å². The van der Waals surface area contributed by atoms with Crippen molar-refractivity contribution in [1.82, 2.24) is 5.32 Å². The number of piperazine rings is 1. The van der Waals surface area contributed by atoms with Crippen molar-refractivity contribution in [3.8, 4) is 0 Å². The van der Waals surface area contributed by atoms with Crippen LogP contribution in [0.2, 0.25) is 0 Å². The van der Waals surface area contributed by atoms with Crippen molar-refractivity contribution in [3.05, 3.63) is 29.3 Å². The molecule has 3 nitrogen and oxygen atoms in total. The second kappa shape index (κ2) is 4.34. The Kier molecular flexibility index (Phi) is 3.21. The van der Waals surface area contributed by atoms with E-state index in [4.69, 9.17) is 0 Å². The van der Waals surface area contributed by atoms with Crippen LogP contribution in [-0.2, 0) is 4.79 Å². The smallest absolute Gasteiger partial charge is 0.247 e. The normalized spacial score (nSPS) is 21.6. The van der Waals surface area contributed by atoms with Crippen molar-refractivity contribution in [1.29, 1.82) is 0 Å². The summed E-state index contributed by atoms with van der Waals surface area (Å²) in [6, 6.07) is 6.28. The number of nitrogens with one attached hydrogen (secondary N) is 1. The van der Waals surface area contributed by atoms with Crippen molar-refractivity contribution in [3.63, 3.8) is 0 Å². The number of carbonyl (C=O) groups is 1. The molecule has 1 saturated heterocycles. The molecule has 1 aliphatic heterocycles. The van der Waals surface area contributed by atoms with Gasteiger partial charge >= 0.3 is 0 Å². The summed E-state index contributed by atoms with van der Waals surface area (Å²) in [6.45, 7) is 13.0. The van der Waals surface area contributed by atoms with Gasteiger partial charge in [0.15, 0.2) is 0 Å². The maximum absolute atomic E-state index is 12.8. The monoisotopic (exact) mass is 260 g/mol. The molecule has 0 aromatic heterocycles. The van der Waals surface area contributed by atoms with Gasteiger partial charge < -0.3 is 10.2 Å². The Morgan fingerprint density at radius 2 is 1.79 bits per heavy atom. The van der Waals surface area contributed by atoms with Gasteiger partial charge in [-0.1, -0.05) is 12.1 Å². The molecule has 1 aromatic carbocycles. The third-order valence-electron chi connectivity index (χ3n) is 3.91. The summed E-state index contributed by atoms with van der Waals surface area (Å²) >= 11 is 0. The average Bonchev–Trinajstić information content (AvgIpc) is 2.30. The van der Waals surface area contributed by atoms with Crippen LogP contribution in [0.15, 0.2) is 18.2 Å². The van der Waals surface area contributed by atoms with Crippen LogP contribution in [0.25, 0.3) is 0 Å². The van der Waals surface area contributed by atoms with E-state index in [-0.39, 0.29) is 11.4 Å². The van der Waals surface area contributed by atoms with E-state index in [2.05, 4.69) is 51.2 Å². The summed E-state index contributed by atoms with van der Waals surface area (Å²) in [5.74, 6) is 0.137. The van der Waals surface area contributed by atoms with Crippen molar-refractivity contribution in [2.24, 2.45) is 0 Å². The topological polar surface area (TPSA) is 32.3 Å². The minimum atomic E-state index is -0.508. The van der Waals surface area contributed by atoms with Crippen LogP contribution in [0.5, 0.6) is 0 Å². The summed E-state index contributed by atoms with van der Waals surface area (Å²) < 4.78 is 0. The maximum Gasteiger partial charge on any atom is 0.247 e. The van der Waals surface area contributed by atoms with Gasteiger partial charge in [-0.2, -0.15) is 0 Å². The van der Waals surface area contributed by atoms with E-state index >= 15 is 0 Å². The van der Waals surface area contributed by atoms with Crippen LogP contribution < -0.4 is 10.2 Å². The number of carbonyl (C=O) groups excluding carboxylic acids is 1. The molecule has 0 saturated carbocycles. The van der Waals surface area contributed by atoms with E-state index in [1.165, 1.54) is 5.56 Å². The highest BCUT2D eigenvalue weighted by molar-refractivity contribution is 6.02. The zero-order valence-electron chi connectivity index (χ0n) is 12.8. The summed E-state index contributed by atoms with van der Waals surface area (Å²) in [5, 5.41) is 3.34. The van der Waals surface area contributed by atoms with Crippen molar-refractivity contribution >= 4 is 11.6 Å². The summed E-state index contributed by atoms with van der Waals surface area (Å²) in [7, 11) is 0. The van der Waals surface area contributed by atoms with E-state index in [0.717, 1.165) is 17.8 Å². The Morgan fingerprint density at radius 1 is 1.16 bits per heavy atom. The van der Waals surface area contributed by atoms with Crippen molar-refractivity contribution in [2.45, 2.75) is 52.6 Å². The number of hydrogen-bond donors (Lipinski definition) is 1. The van der Waals surface area contributed by atoms with Crippen LogP contribution >= 0.6 is 0 Å². The molecule has 104 valence electrons. The highest BCUT2D eigenvalue weighted by Gasteiger charge is 2.45. The van der Waals surface area contributed by atoms with Crippen LogP contribution in [-0.4, -0.2) is 23.5 Å². The van der Waals surface area contributed by atoms with Gasteiger partial charge in [-0.05, 0) is 58.7 Å². The fourth-order valence-corrected chi connectivity index (χ4v) is 2.54. The molecule has 1 amide bonds. The Morgan fingerprint density at radius 3 is 2.42 bits per heavy atom. The van der Waals surface area contributed by atoms with E-state index < -0.39 is 5.54 Å². The first-order valence-electron chi connectivity index (χ1n) is 6.82. The number of benzene rings is 1. The van der Waals surface area contributed by atoms with Crippen molar-refractivity contribution in [2.75, 3.05) is 11.4 Å². The van der Waals surface area contributed by atoms with Gasteiger partial charge in [0.2, 0.25) is 5.91 Å². The molecule has 0 aliphatic carbocycles. The first kappa shape index (κ1) is 14.1. The minimum Gasteiger partial charge on any atom is -0.304 e. The lowest BCUT2D eigenvalue weighted by Gasteiger charge is -2.49. The van der Waals surface area contributed by atoms with Gasteiger partial charge in [-0.25, -0.2) is 0 Å². The van der Waals surface area contributed by atoms with Gasteiger partial charge in [-0.3, -0.25) is 4.79 Å². The van der Waals surface area contributed by atoms with Gasteiger partial charge in [0.05, 0.1) is 11.1 Å². The van der Waals surface area contributed by atoms with E-state index in [1.807, 2.05) is 18.7 Å². The zero-order valence-corrected chi connectivity index (χ0v) is 12.8. The van der Waals surface area contributed by atoms with Crippen molar-refractivity contribution < 1.29 is 4.79 Å². The number of amides is 1. The Balaban J connectivity index is 2.55. The third-order valence-corrected chi connectivity index (χ3v) is 3.91. The summed E-state index contributed by atoms with van der Waals surface area (Å²) in [6.07, 6.45) is 0. The molecule has 1 fully saturated rings. The number of aryl methyl sites for hydroxylation is 2. The van der Waals surface area contributed by atoms with Gasteiger partial charge in [0.25, 0.3) is 0 Å². The molecule has 1 aliphatic rings. The fraction of sp³-hybridized carbons (Fsp3) is 0.562. The number of hydrogen-bond acceptors (Lipinski definition) is 2. The van der Waals surface area contributed by atoms with Crippen LogP contribution in [0, 0.1) is 13.8 Å². The standard InChI is InChI=1S/C16H24N2O/c1-11-7-8-12(2)13(9-11)18-14(19)16(5,6)17-10-15(18,3)4/h7-9,17H,10H2,1-6H3. The Hall–Kier alpha value is -1.35. The molecule has 2 rings (SSSR count). The molecule has 1 heterocycles. The number of anilines is 1. The highest BCUT2D eigenvalue weighted by Crippen LogP contribution is 2.33. The minimum absolute atomic E-state index is 0.137. The SMILES string of the molecule is Cc1ccc(C)c(N2C(=O)C(C)(C)NCC2(C)C)c1. The third kappa shape index (κ3) is 2.39. The first-order valence-corrected chi connectivity index (χ1v) is 6.82. The zero-order chi connectivity index (χ0) is 14.4. The van der Waals surface area contributed by atoms with Gasteiger partial charge in [0, 0.05) is 12.2 Å². The molecule has 0 bridgehead atoms. The number of rotatable bonds is 1. The predicted octanol–water partition coefficient (Wildman–Crippen LogP) is 2.80. The Labute approximate surface area is 116 Å². The fourth-order valence-electron chi connectivity index (χ4n) is 2.54. The average molecular weight is 260 g/mol. The number of nitrogens with zero attached hydrogens (tertiary/aromatic N) is 1. The molecular formula is C16H24N2O. The quantitative estimate of drug-likeness (QED) is 0.842. The molecule has 0 radical (unpaired) electrons. The van der Waals surface area contributed by atoms with E-state index in [9.17, 15) is 4.79 Å². The molecule has 0 unspecified atom stereocenters. The molecular weight excluding hydrogens is 236 g/mol. The first-order chi connectivity index (χ1) is 8.65. The molecule has 0 atom stereocenters. The van der Waals surface area contributed by atoms with Crippen LogP contribution in [0.1, 0.15) is 38.8 Å². The molecule has 0 spiro atoms. The molecule has 1 N–H and O–H groups in total.